The number of anilines is 1. The number of carbonyl (C=O) groups excluding carboxylic acids is 1. The van der Waals surface area contributed by atoms with Crippen LogP contribution in [0.2, 0.25) is 0 Å². The highest BCUT2D eigenvalue weighted by Gasteiger charge is 2.22. The molecule has 3 nitrogen and oxygen atoms in total. The van der Waals surface area contributed by atoms with E-state index in [0.29, 0.717) is 0 Å². The van der Waals surface area contributed by atoms with Crippen LogP contribution in [0.3, 0.4) is 0 Å². The van der Waals surface area contributed by atoms with Crippen LogP contribution in [0.25, 0.3) is 0 Å². The summed E-state index contributed by atoms with van der Waals surface area (Å²) in [5.41, 5.74) is 2.01. The average Bonchev–Trinajstić information content (AvgIpc) is 2.38. The summed E-state index contributed by atoms with van der Waals surface area (Å²) in [7, 11) is 0. The van der Waals surface area contributed by atoms with Gasteiger partial charge in [-0.15, -0.1) is 0 Å². The van der Waals surface area contributed by atoms with Crippen LogP contribution in [0.1, 0.15) is 32.8 Å². The van der Waals surface area contributed by atoms with Crippen LogP contribution in [0.5, 0.6) is 0 Å². The minimum Gasteiger partial charge on any atom is -0.324 e. The van der Waals surface area contributed by atoms with E-state index in [-0.39, 0.29) is 11.9 Å². The maximum Gasteiger partial charge on any atom is 0.241 e. The Morgan fingerprint density at radius 2 is 1.83 bits per heavy atom. The number of nitrogens with zero attached hydrogens (tertiary/aromatic N) is 1. The molecule has 1 aromatic rings. The molecule has 1 N–H and O–H groups in total. The predicted octanol–water partition coefficient (Wildman–Crippen LogP) is 3.05. The third-order valence-corrected chi connectivity index (χ3v) is 3.35. The predicted molar refractivity (Wildman–Crippen MR) is 76.8 cm³/mol. The summed E-state index contributed by atoms with van der Waals surface area (Å²) in [6.45, 7) is 10.0. The van der Waals surface area contributed by atoms with Crippen LogP contribution < -0.4 is 5.32 Å². The van der Waals surface area contributed by atoms with Crippen molar-refractivity contribution in [3.8, 4) is 0 Å². The molecule has 3 heteroatoms. The zero-order chi connectivity index (χ0) is 13.5. The highest BCUT2D eigenvalue weighted by atomic mass is 16.2. The second-order valence-corrected chi connectivity index (χ2v) is 4.45. The van der Waals surface area contributed by atoms with Crippen molar-refractivity contribution in [2.24, 2.45) is 0 Å². The van der Waals surface area contributed by atoms with E-state index in [1.165, 1.54) is 0 Å². The van der Waals surface area contributed by atoms with Crippen molar-refractivity contribution >= 4 is 11.6 Å². The number of para-hydroxylation sites is 1. The van der Waals surface area contributed by atoms with Crippen molar-refractivity contribution < 1.29 is 4.79 Å². The fourth-order valence-corrected chi connectivity index (χ4v) is 2.20. The van der Waals surface area contributed by atoms with Crippen LogP contribution in [0.15, 0.2) is 24.3 Å². The van der Waals surface area contributed by atoms with E-state index in [1.54, 1.807) is 0 Å². The fraction of sp³-hybridized carbons (Fsp3) is 0.533. The molecule has 1 atom stereocenters. The van der Waals surface area contributed by atoms with Gasteiger partial charge in [0, 0.05) is 5.69 Å². The average molecular weight is 248 g/mol. The molecule has 0 aliphatic rings. The lowest BCUT2D eigenvalue weighted by Gasteiger charge is -2.27. The SMILES string of the molecule is CCC(C(=O)Nc1ccccc1C)N(CC)CC. The summed E-state index contributed by atoms with van der Waals surface area (Å²) >= 11 is 0. The molecule has 0 aliphatic heterocycles. The molecular weight excluding hydrogens is 224 g/mol. The highest BCUT2D eigenvalue weighted by molar-refractivity contribution is 5.95. The Kier molecular flexibility index (Phi) is 5.86. The second-order valence-electron chi connectivity index (χ2n) is 4.45. The van der Waals surface area contributed by atoms with Gasteiger partial charge in [0.15, 0.2) is 0 Å². The number of amides is 1. The fourth-order valence-electron chi connectivity index (χ4n) is 2.20. The lowest BCUT2D eigenvalue weighted by atomic mass is 10.1. The van der Waals surface area contributed by atoms with E-state index in [2.05, 4.69) is 31.0 Å². The Morgan fingerprint density at radius 1 is 1.22 bits per heavy atom. The Morgan fingerprint density at radius 3 is 2.33 bits per heavy atom. The number of hydrogen-bond acceptors (Lipinski definition) is 2. The third kappa shape index (κ3) is 3.57. The molecule has 0 heterocycles. The Bertz CT molecular complexity index is 386. The lowest BCUT2D eigenvalue weighted by molar-refractivity contribution is -0.121. The van der Waals surface area contributed by atoms with E-state index in [1.807, 2.05) is 31.2 Å². The standard InChI is InChI=1S/C15H24N2O/c1-5-14(17(6-2)7-3)15(18)16-13-11-9-8-10-12(13)4/h8-11,14H,5-7H2,1-4H3,(H,16,18). The zero-order valence-corrected chi connectivity index (χ0v) is 11.9. The van der Waals surface area contributed by atoms with Crippen LogP contribution in [0, 0.1) is 6.92 Å². The number of benzene rings is 1. The minimum atomic E-state index is -0.0420. The number of likely N-dealkylation sites (N-methyl/N-ethyl adjacent to an activating group) is 1. The quantitative estimate of drug-likeness (QED) is 0.839. The molecule has 1 amide bonds. The van der Waals surface area contributed by atoms with Gasteiger partial charge in [-0.1, -0.05) is 39.0 Å². The summed E-state index contributed by atoms with van der Waals surface area (Å²) in [5, 5.41) is 3.03. The molecule has 1 rings (SSSR count). The van der Waals surface area contributed by atoms with Gasteiger partial charge in [0.1, 0.15) is 0 Å². The van der Waals surface area contributed by atoms with Gasteiger partial charge in [-0.3, -0.25) is 9.69 Å². The van der Waals surface area contributed by atoms with Crippen molar-refractivity contribution in [3.63, 3.8) is 0 Å². The van der Waals surface area contributed by atoms with Crippen molar-refractivity contribution in [1.29, 1.82) is 0 Å². The summed E-state index contributed by atoms with van der Waals surface area (Å²) < 4.78 is 0. The number of nitrogens with one attached hydrogen (secondary N) is 1. The molecule has 100 valence electrons. The molecule has 0 saturated carbocycles. The number of hydrogen-bond donors (Lipinski definition) is 1. The summed E-state index contributed by atoms with van der Waals surface area (Å²) in [6, 6.07) is 7.84. The minimum absolute atomic E-state index is 0.0420. The monoisotopic (exact) mass is 248 g/mol. The highest BCUT2D eigenvalue weighted by Crippen LogP contribution is 2.15. The van der Waals surface area contributed by atoms with Gasteiger partial charge in [0.2, 0.25) is 5.91 Å². The lowest BCUT2D eigenvalue weighted by Crippen LogP contribution is -2.43. The molecule has 0 spiro atoms. The van der Waals surface area contributed by atoms with Crippen molar-refractivity contribution in [2.75, 3.05) is 18.4 Å². The summed E-state index contributed by atoms with van der Waals surface area (Å²) in [4.78, 5) is 14.5. The molecular formula is C15H24N2O. The smallest absolute Gasteiger partial charge is 0.241 e. The molecule has 0 fully saturated rings. The maximum absolute atomic E-state index is 12.3. The zero-order valence-electron chi connectivity index (χ0n) is 11.9. The van der Waals surface area contributed by atoms with Gasteiger partial charge in [-0.05, 0) is 38.1 Å². The number of rotatable bonds is 6. The van der Waals surface area contributed by atoms with Gasteiger partial charge >= 0.3 is 0 Å². The second kappa shape index (κ2) is 7.17. The van der Waals surface area contributed by atoms with Crippen LogP contribution in [-0.4, -0.2) is 29.9 Å². The van der Waals surface area contributed by atoms with E-state index < -0.39 is 0 Å². The molecule has 0 bridgehead atoms. The Hall–Kier alpha value is -1.35. The van der Waals surface area contributed by atoms with Gasteiger partial charge in [0.25, 0.3) is 0 Å². The maximum atomic E-state index is 12.3. The first kappa shape index (κ1) is 14.7. The van der Waals surface area contributed by atoms with E-state index >= 15 is 0 Å². The summed E-state index contributed by atoms with van der Waals surface area (Å²) in [6.07, 6.45) is 0.833. The normalized spacial score (nSPS) is 12.5. The molecule has 1 unspecified atom stereocenters. The molecule has 18 heavy (non-hydrogen) atoms. The van der Waals surface area contributed by atoms with Crippen molar-refractivity contribution in [1.82, 2.24) is 4.90 Å². The molecule has 0 radical (unpaired) electrons. The first-order chi connectivity index (χ1) is 8.63. The number of aryl methyl sites for hydroxylation is 1. The van der Waals surface area contributed by atoms with Crippen LogP contribution >= 0.6 is 0 Å². The third-order valence-electron chi connectivity index (χ3n) is 3.35. The first-order valence-corrected chi connectivity index (χ1v) is 6.74. The van der Waals surface area contributed by atoms with Crippen LogP contribution in [0.4, 0.5) is 5.69 Å². The molecule has 0 aromatic heterocycles. The number of carbonyl (C=O) groups is 1. The van der Waals surface area contributed by atoms with E-state index in [0.717, 1.165) is 30.8 Å². The van der Waals surface area contributed by atoms with Gasteiger partial charge in [-0.2, -0.15) is 0 Å². The topological polar surface area (TPSA) is 32.3 Å². The van der Waals surface area contributed by atoms with E-state index in [4.69, 9.17) is 0 Å². The summed E-state index contributed by atoms with van der Waals surface area (Å²) in [5.74, 6) is 0.0931. The largest absolute Gasteiger partial charge is 0.324 e. The van der Waals surface area contributed by atoms with Crippen molar-refractivity contribution in [2.45, 2.75) is 40.2 Å². The molecule has 0 saturated heterocycles. The van der Waals surface area contributed by atoms with Gasteiger partial charge in [-0.25, -0.2) is 0 Å². The van der Waals surface area contributed by atoms with Gasteiger partial charge < -0.3 is 5.32 Å². The Labute approximate surface area is 110 Å². The Balaban J connectivity index is 2.77. The van der Waals surface area contributed by atoms with Crippen LogP contribution in [-0.2, 0) is 4.79 Å². The molecule has 0 aliphatic carbocycles. The van der Waals surface area contributed by atoms with E-state index in [9.17, 15) is 4.79 Å². The van der Waals surface area contributed by atoms with Crippen molar-refractivity contribution in [3.05, 3.63) is 29.8 Å². The van der Waals surface area contributed by atoms with Gasteiger partial charge in [0.05, 0.1) is 6.04 Å². The molecule has 1 aromatic carbocycles. The first-order valence-electron chi connectivity index (χ1n) is 6.74.